The van der Waals surface area contributed by atoms with Crippen molar-refractivity contribution in [3.8, 4) is 34.6 Å². The maximum Gasteiger partial charge on any atom is 0.405 e. The molecule has 10 rings (SSSR count). The van der Waals surface area contributed by atoms with Gasteiger partial charge in [-0.3, -0.25) is 14.2 Å². The second-order valence-corrected chi connectivity index (χ2v) is 21.1. The smallest absolute Gasteiger partial charge is 0.405 e. The number of fused-ring (bicyclic) bond motifs is 2. The molecule has 0 bridgehead atoms. The van der Waals surface area contributed by atoms with E-state index in [4.69, 9.17) is 26.3 Å². The van der Waals surface area contributed by atoms with E-state index in [0.29, 0.717) is 73.6 Å². The van der Waals surface area contributed by atoms with Crippen LogP contribution in [0.25, 0.3) is 27.8 Å². The first kappa shape index (κ1) is 52.5. The van der Waals surface area contributed by atoms with Crippen molar-refractivity contribution in [2.75, 3.05) is 75.3 Å². The number of hydrogen-bond donors (Lipinski definition) is 4. The molecule has 4 aliphatic rings. The molecular weight excluding hydrogens is 999 g/mol. The minimum atomic E-state index is -4.64. The Kier molecular flexibility index (Phi) is 15.4. The van der Waals surface area contributed by atoms with Crippen molar-refractivity contribution in [3.05, 3.63) is 119 Å². The zero-order valence-electron chi connectivity index (χ0n) is 42.7. The molecule has 2 aromatic heterocycles. The Morgan fingerprint density at radius 2 is 1.63 bits per heavy atom. The molecule has 2 atom stereocenters. The number of benzene rings is 4. The number of rotatable bonds is 15. The summed E-state index contributed by atoms with van der Waals surface area (Å²) in [5.41, 5.74) is 5.27. The molecule has 2 unspecified atom stereocenters. The molecular formula is C56H63ClF3N11O5. The number of phenolic OH excluding ortho intramolecular Hbond substituents is 2. The van der Waals surface area contributed by atoms with Gasteiger partial charge in [-0.15, -0.1) is 10.2 Å². The number of aromatic hydroxyl groups is 2. The van der Waals surface area contributed by atoms with Crippen molar-refractivity contribution in [1.29, 1.82) is 0 Å². The van der Waals surface area contributed by atoms with E-state index in [1.807, 2.05) is 48.3 Å². The zero-order chi connectivity index (χ0) is 53.3. The number of nitrogens with zero attached hydrogens (tertiary/aromatic N) is 9. The molecule has 4 aromatic carbocycles. The van der Waals surface area contributed by atoms with E-state index in [-0.39, 0.29) is 46.6 Å². The largest absolute Gasteiger partial charge is 0.508 e. The lowest BCUT2D eigenvalue weighted by atomic mass is 9.90. The Hall–Kier alpha value is -6.96. The van der Waals surface area contributed by atoms with Gasteiger partial charge in [-0.2, -0.15) is 23.1 Å². The minimum Gasteiger partial charge on any atom is -0.508 e. The normalized spacial score (nSPS) is 18.6. The Labute approximate surface area is 444 Å². The lowest BCUT2D eigenvalue weighted by Gasteiger charge is -2.38. The van der Waals surface area contributed by atoms with Crippen LogP contribution in [0.3, 0.4) is 0 Å². The number of carbonyl (C=O) groups excluding carboxylic acids is 2. The third-order valence-corrected chi connectivity index (χ3v) is 15.6. The molecule has 3 fully saturated rings. The number of amides is 2. The van der Waals surface area contributed by atoms with Crippen molar-refractivity contribution in [1.82, 2.24) is 45.2 Å². The van der Waals surface area contributed by atoms with Gasteiger partial charge in [0.25, 0.3) is 5.91 Å². The molecule has 0 saturated carbocycles. The lowest BCUT2D eigenvalue weighted by molar-refractivity contribution is -0.126. The van der Waals surface area contributed by atoms with E-state index < -0.39 is 18.6 Å². The van der Waals surface area contributed by atoms with Gasteiger partial charge in [-0.05, 0) is 116 Å². The molecule has 20 heteroatoms. The summed E-state index contributed by atoms with van der Waals surface area (Å²) in [4.78, 5) is 44.7. The van der Waals surface area contributed by atoms with E-state index in [2.05, 4.69) is 61.1 Å². The lowest BCUT2D eigenvalue weighted by Crippen LogP contribution is -2.49. The van der Waals surface area contributed by atoms with E-state index in [0.717, 1.165) is 104 Å². The zero-order valence-corrected chi connectivity index (χ0v) is 43.5. The second kappa shape index (κ2) is 22.3. The molecule has 0 aliphatic carbocycles. The molecule has 0 spiro atoms. The maximum atomic E-state index is 13.1. The predicted octanol–water partition coefficient (Wildman–Crippen LogP) is 8.21. The van der Waals surface area contributed by atoms with Gasteiger partial charge >= 0.3 is 12.2 Å². The molecule has 16 nitrogen and oxygen atoms in total. The molecule has 400 valence electrons. The van der Waals surface area contributed by atoms with Gasteiger partial charge in [0.15, 0.2) is 5.82 Å². The number of piperidine rings is 1. The number of ether oxygens (including phenoxy) is 1. The van der Waals surface area contributed by atoms with Crippen LogP contribution < -0.4 is 25.2 Å². The van der Waals surface area contributed by atoms with Crippen molar-refractivity contribution in [2.24, 2.45) is 5.92 Å². The second-order valence-electron chi connectivity index (χ2n) is 20.7. The molecule has 0 radical (unpaired) electrons. The van der Waals surface area contributed by atoms with E-state index >= 15 is 0 Å². The van der Waals surface area contributed by atoms with Gasteiger partial charge < -0.3 is 45.2 Å². The number of likely N-dealkylation sites (tertiary alicyclic amines) is 1. The van der Waals surface area contributed by atoms with Gasteiger partial charge in [0.2, 0.25) is 11.7 Å². The van der Waals surface area contributed by atoms with Crippen molar-refractivity contribution in [2.45, 2.75) is 83.1 Å². The Bertz CT molecular complexity index is 3100. The summed E-state index contributed by atoms with van der Waals surface area (Å²) in [6, 6.07) is 23.2. The van der Waals surface area contributed by atoms with Gasteiger partial charge in [0.05, 0.1) is 22.8 Å². The fourth-order valence-corrected chi connectivity index (χ4v) is 11.5. The van der Waals surface area contributed by atoms with E-state index in [1.165, 1.54) is 16.7 Å². The Morgan fingerprint density at radius 3 is 2.36 bits per heavy atom. The third kappa shape index (κ3) is 11.6. The highest BCUT2D eigenvalue weighted by Crippen LogP contribution is 2.40. The summed E-state index contributed by atoms with van der Waals surface area (Å²) in [6.45, 7) is 12.9. The quantitative estimate of drug-likeness (QED) is 0.0725. The highest BCUT2D eigenvalue weighted by Gasteiger charge is 2.33. The van der Waals surface area contributed by atoms with Crippen molar-refractivity contribution < 1.29 is 37.7 Å². The van der Waals surface area contributed by atoms with Crippen LogP contribution in [-0.4, -0.2) is 140 Å². The SMILES string of the molecule is C=CC(=O)N1CCN(c2nc(OCC3CCC(CN4CCC(Cc5ccc(-n6c(C(=O)NCC(F)(F)F)nnc6-c6cc(C(C)C)c(O)cc6O)cc5)CC4)N3)nc3c2CCN(c2cccc4cccc(Cl)c24)C3)CC1. The fraction of sp³-hybridized carbons (Fsp3) is 0.429. The molecule has 6 aromatic rings. The average Bonchev–Trinajstić information content (AvgIpc) is 4.08. The topological polar surface area (TPSA) is 177 Å². The number of alkyl halides is 3. The molecule has 3 saturated heterocycles. The molecule has 4 N–H and O–H groups in total. The number of hydrogen-bond acceptors (Lipinski definition) is 13. The van der Waals surface area contributed by atoms with Crippen LogP contribution in [0.15, 0.2) is 85.5 Å². The number of piperazine rings is 1. The first-order valence-electron chi connectivity index (χ1n) is 26.1. The van der Waals surface area contributed by atoms with E-state index in [9.17, 15) is 33.0 Å². The Balaban J connectivity index is 0.756. The summed E-state index contributed by atoms with van der Waals surface area (Å²) in [7, 11) is 0. The van der Waals surface area contributed by atoms with Gasteiger partial charge in [0.1, 0.15) is 30.5 Å². The molecule has 4 aliphatic heterocycles. The number of aromatic nitrogens is 5. The number of phenols is 2. The first-order valence-corrected chi connectivity index (χ1v) is 26.5. The molecule has 6 heterocycles. The van der Waals surface area contributed by atoms with Crippen LogP contribution >= 0.6 is 11.6 Å². The standard InChI is InChI=1S/C56H63ClF3N11O5/c1-4-49(74)68-23-25-69(26-24-68)51-41-19-22-70(46-10-6-8-37-7-5-9-44(57)50(37)46)31-45(41)63-55(64-51)76-32-39-14-13-38(62-39)30-67-20-17-36(18-21-67)27-35-11-15-40(16-12-35)71-52(43-28-42(34(2)3)47(72)29-48(43)73)65-66-53(71)54(75)61-33-56(58,59)60/h4-12,15-16,28-29,34,36,38-39,62,72-73H,1,13-14,17-27,30-33H2,2-3H3,(H,61,75). The molecule has 2 amide bonds. The number of anilines is 2. The predicted molar refractivity (Wildman–Crippen MR) is 286 cm³/mol. The highest BCUT2D eigenvalue weighted by molar-refractivity contribution is 6.36. The van der Waals surface area contributed by atoms with Gasteiger partial charge in [-0.1, -0.05) is 68.4 Å². The van der Waals surface area contributed by atoms with Gasteiger partial charge in [0, 0.05) is 79.7 Å². The third-order valence-electron chi connectivity index (χ3n) is 15.2. The van der Waals surface area contributed by atoms with Crippen LogP contribution in [-0.2, 0) is 24.2 Å². The summed E-state index contributed by atoms with van der Waals surface area (Å²) >= 11 is 6.79. The monoisotopic (exact) mass is 1060 g/mol. The van der Waals surface area contributed by atoms with Crippen LogP contribution in [0, 0.1) is 5.92 Å². The average molecular weight is 1060 g/mol. The van der Waals surface area contributed by atoms with Crippen LogP contribution in [0.5, 0.6) is 17.5 Å². The Morgan fingerprint density at radius 1 is 0.895 bits per heavy atom. The van der Waals surface area contributed by atoms with Gasteiger partial charge in [-0.25, -0.2) is 0 Å². The fourth-order valence-electron chi connectivity index (χ4n) is 11.2. The number of carbonyl (C=O) groups is 2. The maximum absolute atomic E-state index is 13.1. The van der Waals surface area contributed by atoms with Crippen LogP contribution in [0.2, 0.25) is 5.02 Å². The summed E-state index contributed by atoms with van der Waals surface area (Å²) < 4.78 is 47.2. The summed E-state index contributed by atoms with van der Waals surface area (Å²) in [5, 5.41) is 38.1. The summed E-state index contributed by atoms with van der Waals surface area (Å²) in [5.74, 6) is -0.764. The summed E-state index contributed by atoms with van der Waals surface area (Å²) in [6.07, 6.45) is 2.33. The van der Waals surface area contributed by atoms with Crippen LogP contribution in [0.1, 0.15) is 78.5 Å². The highest BCUT2D eigenvalue weighted by atomic mass is 35.5. The number of nitrogens with one attached hydrogen (secondary N) is 2. The van der Waals surface area contributed by atoms with E-state index in [1.54, 1.807) is 18.2 Å². The minimum absolute atomic E-state index is 0.0345. The van der Waals surface area contributed by atoms with Crippen LogP contribution in [0.4, 0.5) is 24.7 Å². The molecule has 76 heavy (non-hydrogen) atoms. The number of halogens is 4. The van der Waals surface area contributed by atoms with Crippen molar-refractivity contribution in [3.63, 3.8) is 0 Å². The van der Waals surface area contributed by atoms with Crippen molar-refractivity contribution >= 4 is 45.7 Å². The first-order chi connectivity index (χ1) is 36.6.